The van der Waals surface area contributed by atoms with Gasteiger partial charge < -0.3 is 0 Å². The van der Waals surface area contributed by atoms with Gasteiger partial charge in [-0.1, -0.05) is 13.8 Å². The van der Waals surface area contributed by atoms with Crippen LogP contribution in [0.2, 0.25) is 5.28 Å². The Kier molecular flexibility index (Phi) is 4.18. The highest BCUT2D eigenvalue weighted by atomic mass is 35.5. The molecule has 0 radical (unpaired) electrons. The highest BCUT2D eigenvalue weighted by Gasteiger charge is 2.18. The number of hydrogen-bond donors (Lipinski definition) is 0. The molecule has 0 spiro atoms. The number of nitrogens with zero attached hydrogens (tertiary/aromatic N) is 3. The zero-order valence-corrected chi connectivity index (χ0v) is 13.6. The van der Waals surface area contributed by atoms with Gasteiger partial charge in [0.25, 0.3) is 0 Å². The lowest BCUT2D eigenvalue weighted by molar-refractivity contribution is 0.628. The van der Waals surface area contributed by atoms with Gasteiger partial charge in [-0.15, -0.1) is 11.3 Å². The average Bonchev–Trinajstić information content (AvgIpc) is 2.93. The summed E-state index contributed by atoms with van der Waals surface area (Å²) in [6.07, 6.45) is 1.62. The SMILES string of the molecule is CC(C)c1nc(-c2ccc(F)cc2)c(-c2ccnc(Cl)n2)s1. The van der Waals surface area contributed by atoms with Gasteiger partial charge in [-0.25, -0.2) is 19.3 Å². The van der Waals surface area contributed by atoms with Gasteiger partial charge >= 0.3 is 0 Å². The third kappa shape index (κ3) is 3.00. The smallest absolute Gasteiger partial charge is 0.222 e. The molecular weight excluding hydrogens is 321 g/mol. The fraction of sp³-hybridized carbons (Fsp3) is 0.188. The van der Waals surface area contributed by atoms with Gasteiger partial charge in [-0.2, -0.15) is 0 Å². The van der Waals surface area contributed by atoms with Crippen LogP contribution in [-0.2, 0) is 0 Å². The molecule has 3 rings (SSSR count). The first-order chi connectivity index (χ1) is 10.5. The van der Waals surface area contributed by atoms with Gasteiger partial charge in [0.1, 0.15) is 5.82 Å². The lowest BCUT2D eigenvalue weighted by atomic mass is 10.1. The molecule has 0 aliphatic carbocycles. The lowest BCUT2D eigenvalue weighted by Gasteiger charge is -2.02. The maximum absolute atomic E-state index is 13.2. The van der Waals surface area contributed by atoms with E-state index in [-0.39, 0.29) is 11.1 Å². The van der Waals surface area contributed by atoms with Crippen molar-refractivity contribution in [3.63, 3.8) is 0 Å². The fourth-order valence-corrected chi connectivity index (χ4v) is 3.23. The Bertz CT molecular complexity index is 799. The van der Waals surface area contributed by atoms with Crippen LogP contribution in [-0.4, -0.2) is 15.0 Å². The van der Waals surface area contributed by atoms with Crippen molar-refractivity contribution in [1.29, 1.82) is 0 Å². The van der Waals surface area contributed by atoms with E-state index in [2.05, 4.69) is 23.8 Å². The third-order valence-corrected chi connectivity index (χ3v) is 4.67. The van der Waals surface area contributed by atoms with Crippen LogP contribution >= 0.6 is 22.9 Å². The fourth-order valence-electron chi connectivity index (χ4n) is 2.02. The normalized spacial score (nSPS) is 11.1. The van der Waals surface area contributed by atoms with Crippen molar-refractivity contribution in [3.05, 3.63) is 52.6 Å². The summed E-state index contributed by atoms with van der Waals surface area (Å²) in [5.74, 6) is 0.0324. The van der Waals surface area contributed by atoms with E-state index in [1.165, 1.54) is 12.1 Å². The molecule has 0 saturated carbocycles. The Morgan fingerprint density at radius 2 is 1.82 bits per heavy atom. The van der Waals surface area contributed by atoms with Crippen molar-refractivity contribution in [2.45, 2.75) is 19.8 Å². The summed E-state index contributed by atoms with van der Waals surface area (Å²) in [7, 11) is 0. The quantitative estimate of drug-likeness (QED) is 0.620. The third-order valence-electron chi connectivity index (χ3n) is 3.11. The van der Waals surface area contributed by atoms with Gasteiger partial charge in [0.2, 0.25) is 5.28 Å². The molecule has 22 heavy (non-hydrogen) atoms. The Morgan fingerprint density at radius 1 is 1.09 bits per heavy atom. The summed E-state index contributed by atoms with van der Waals surface area (Å²) < 4.78 is 13.2. The van der Waals surface area contributed by atoms with Crippen molar-refractivity contribution < 1.29 is 4.39 Å². The Balaban J connectivity index is 2.18. The van der Waals surface area contributed by atoms with E-state index in [0.29, 0.717) is 5.92 Å². The van der Waals surface area contributed by atoms with E-state index in [1.807, 2.05) is 0 Å². The summed E-state index contributed by atoms with van der Waals surface area (Å²) >= 11 is 7.47. The molecule has 0 N–H and O–H groups in total. The lowest BCUT2D eigenvalue weighted by Crippen LogP contribution is -1.88. The average molecular weight is 334 g/mol. The molecule has 0 aliphatic rings. The molecule has 0 saturated heterocycles. The molecular formula is C16H13ClFN3S. The molecule has 3 aromatic rings. The second-order valence-electron chi connectivity index (χ2n) is 5.10. The minimum Gasteiger partial charge on any atom is -0.240 e. The van der Waals surface area contributed by atoms with E-state index < -0.39 is 0 Å². The molecule has 0 unspecified atom stereocenters. The molecule has 3 nitrogen and oxygen atoms in total. The number of benzene rings is 1. The van der Waals surface area contributed by atoms with Gasteiger partial charge in [0.05, 0.1) is 21.3 Å². The van der Waals surface area contributed by atoms with Gasteiger partial charge in [0.15, 0.2) is 0 Å². The van der Waals surface area contributed by atoms with Crippen LogP contribution < -0.4 is 0 Å². The molecule has 1 aromatic carbocycles. The largest absolute Gasteiger partial charge is 0.240 e. The van der Waals surface area contributed by atoms with E-state index in [0.717, 1.165) is 26.8 Å². The molecule has 0 aliphatic heterocycles. The minimum absolute atomic E-state index is 0.196. The standard InChI is InChI=1S/C16H13ClFN3S/c1-9(2)15-21-13(10-3-5-11(18)6-4-10)14(22-15)12-7-8-19-16(17)20-12/h3-9H,1-2H3. The maximum atomic E-state index is 13.2. The summed E-state index contributed by atoms with van der Waals surface area (Å²) in [6, 6.07) is 8.11. The predicted octanol–water partition coefficient (Wildman–Crippen LogP) is 5.18. The number of thiazole rings is 1. The molecule has 6 heteroatoms. The molecule has 0 amide bonds. The Hall–Kier alpha value is -1.85. The highest BCUT2D eigenvalue weighted by Crippen LogP contribution is 2.38. The summed E-state index contributed by atoms with van der Waals surface area (Å²) in [5.41, 5.74) is 2.38. The van der Waals surface area contributed by atoms with Crippen LogP contribution in [0.3, 0.4) is 0 Å². The first-order valence-electron chi connectivity index (χ1n) is 6.80. The van der Waals surface area contributed by atoms with Crippen molar-refractivity contribution >= 4 is 22.9 Å². The predicted molar refractivity (Wildman–Crippen MR) is 87.6 cm³/mol. The summed E-state index contributed by atoms with van der Waals surface area (Å²) in [5, 5.41) is 1.20. The van der Waals surface area contributed by atoms with E-state index >= 15 is 0 Å². The van der Waals surface area contributed by atoms with Crippen LogP contribution in [0.4, 0.5) is 4.39 Å². The van der Waals surface area contributed by atoms with Crippen LogP contribution in [0.1, 0.15) is 24.8 Å². The summed E-state index contributed by atoms with van der Waals surface area (Å²) in [4.78, 5) is 13.8. The topological polar surface area (TPSA) is 38.7 Å². The Morgan fingerprint density at radius 3 is 2.45 bits per heavy atom. The number of aromatic nitrogens is 3. The van der Waals surface area contributed by atoms with Crippen LogP contribution in [0, 0.1) is 5.82 Å². The first kappa shape index (κ1) is 15.1. The van der Waals surface area contributed by atoms with Crippen LogP contribution in [0.15, 0.2) is 36.5 Å². The molecule has 112 valence electrons. The molecule has 2 aromatic heterocycles. The zero-order valence-electron chi connectivity index (χ0n) is 12.0. The monoisotopic (exact) mass is 333 g/mol. The summed E-state index contributed by atoms with van der Waals surface area (Å²) in [6.45, 7) is 4.17. The van der Waals surface area contributed by atoms with Crippen molar-refractivity contribution in [3.8, 4) is 21.8 Å². The second kappa shape index (κ2) is 6.10. The molecule has 0 bridgehead atoms. The van der Waals surface area contributed by atoms with Crippen LogP contribution in [0.5, 0.6) is 0 Å². The maximum Gasteiger partial charge on any atom is 0.222 e. The molecule has 0 fully saturated rings. The first-order valence-corrected chi connectivity index (χ1v) is 7.99. The minimum atomic E-state index is -0.269. The highest BCUT2D eigenvalue weighted by molar-refractivity contribution is 7.15. The second-order valence-corrected chi connectivity index (χ2v) is 6.47. The Labute approximate surface area is 136 Å². The van der Waals surface area contributed by atoms with E-state index in [9.17, 15) is 4.39 Å². The number of hydrogen-bond acceptors (Lipinski definition) is 4. The van der Waals surface area contributed by atoms with Crippen molar-refractivity contribution in [2.75, 3.05) is 0 Å². The van der Waals surface area contributed by atoms with Crippen molar-refractivity contribution in [1.82, 2.24) is 15.0 Å². The van der Waals surface area contributed by atoms with Crippen LogP contribution in [0.25, 0.3) is 21.8 Å². The zero-order chi connectivity index (χ0) is 15.7. The number of halogens is 2. The van der Waals surface area contributed by atoms with Gasteiger partial charge in [-0.3, -0.25) is 0 Å². The van der Waals surface area contributed by atoms with Gasteiger partial charge in [-0.05, 0) is 41.9 Å². The molecule has 0 atom stereocenters. The van der Waals surface area contributed by atoms with E-state index in [1.54, 1.807) is 35.7 Å². The number of rotatable bonds is 3. The van der Waals surface area contributed by atoms with E-state index in [4.69, 9.17) is 16.6 Å². The molecule has 2 heterocycles. The van der Waals surface area contributed by atoms with Gasteiger partial charge in [0, 0.05) is 17.7 Å². The van der Waals surface area contributed by atoms with Crippen molar-refractivity contribution in [2.24, 2.45) is 0 Å².